The van der Waals surface area contributed by atoms with Crippen LogP contribution in [0.1, 0.15) is 34.1 Å². The Morgan fingerprint density at radius 2 is 1.85 bits per heavy atom. The summed E-state index contributed by atoms with van der Waals surface area (Å²) in [5.74, 6) is 0.816. The number of hydrogen-bond donors (Lipinski definition) is 0. The summed E-state index contributed by atoms with van der Waals surface area (Å²) in [5, 5.41) is 0. The van der Waals surface area contributed by atoms with Crippen LogP contribution in [0.25, 0.3) is 0 Å². The van der Waals surface area contributed by atoms with E-state index in [4.69, 9.17) is 4.74 Å². The molecular weight excluding hydrogens is 318 g/mol. The van der Waals surface area contributed by atoms with E-state index in [9.17, 15) is 4.79 Å². The summed E-state index contributed by atoms with van der Waals surface area (Å²) in [5.41, 5.74) is 1.28. The minimum atomic E-state index is -0.112. The van der Waals surface area contributed by atoms with E-state index in [0.29, 0.717) is 11.5 Å². The monoisotopic (exact) mass is 341 g/mol. The van der Waals surface area contributed by atoms with Crippen LogP contribution in [0.2, 0.25) is 0 Å². The van der Waals surface area contributed by atoms with Crippen molar-refractivity contribution in [1.82, 2.24) is 4.90 Å². The number of ketones is 1. The molecular formula is C16H24BrNO2. The lowest BCUT2D eigenvalue weighted by atomic mass is 10.2. The molecule has 0 fully saturated rings. The molecule has 0 saturated carbocycles. The van der Waals surface area contributed by atoms with Gasteiger partial charge in [0.05, 0.1) is 0 Å². The van der Waals surface area contributed by atoms with Crippen molar-refractivity contribution < 1.29 is 9.53 Å². The minimum absolute atomic E-state index is 0.112. The molecule has 0 atom stereocenters. The lowest BCUT2D eigenvalue weighted by molar-refractivity contribution is -0.116. The van der Waals surface area contributed by atoms with E-state index in [1.165, 1.54) is 12.5 Å². The number of carbonyl (C=O) groups is 1. The molecule has 0 amide bonds. The van der Waals surface area contributed by atoms with E-state index < -0.39 is 0 Å². The summed E-state index contributed by atoms with van der Waals surface area (Å²) < 4.78 is 6.52. The van der Waals surface area contributed by atoms with E-state index in [2.05, 4.69) is 29.8 Å². The molecule has 0 aromatic rings. The first-order valence-corrected chi connectivity index (χ1v) is 7.34. The molecule has 3 nitrogen and oxygen atoms in total. The number of rotatable bonds is 7. The Morgan fingerprint density at radius 3 is 2.25 bits per heavy atom. The zero-order chi connectivity index (χ0) is 15.7. The van der Waals surface area contributed by atoms with Crippen LogP contribution in [-0.4, -0.2) is 24.8 Å². The highest BCUT2D eigenvalue weighted by atomic mass is 79.9. The molecule has 4 heteroatoms. The topological polar surface area (TPSA) is 29.5 Å². The van der Waals surface area contributed by atoms with Crippen LogP contribution < -0.4 is 0 Å². The van der Waals surface area contributed by atoms with Crippen LogP contribution in [0.3, 0.4) is 0 Å². The molecule has 0 aliphatic heterocycles. The Labute approximate surface area is 130 Å². The largest absolute Gasteiger partial charge is 0.451 e. The highest BCUT2D eigenvalue weighted by Gasteiger charge is 2.09. The van der Waals surface area contributed by atoms with Gasteiger partial charge in [-0.05, 0) is 26.3 Å². The molecule has 0 heterocycles. The van der Waals surface area contributed by atoms with Crippen molar-refractivity contribution >= 4 is 21.7 Å². The van der Waals surface area contributed by atoms with Gasteiger partial charge in [0.1, 0.15) is 5.76 Å². The molecule has 0 spiro atoms. The Hall–Kier alpha value is -1.29. The molecule has 0 aromatic heterocycles. The van der Waals surface area contributed by atoms with Gasteiger partial charge in [0.2, 0.25) is 0 Å². The summed E-state index contributed by atoms with van der Waals surface area (Å²) in [7, 11) is 3.69. The van der Waals surface area contributed by atoms with Crippen LogP contribution in [0, 0.1) is 0 Å². The highest BCUT2D eigenvalue weighted by molar-refractivity contribution is 9.11. The number of halogens is 1. The molecule has 0 N–H and O–H groups in total. The van der Waals surface area contributed by atoms with Crippen LogP contribution in [0.15, 0.2) is 46.0 Å². The van der Waals surface area contributed by atoms with Gasteiger partial charge in [-0.1, -0.05) is 40.6 Å². The summed E-state index contributed by atoms with van der Waals surface area (Å²) >= 11 is 3.40. The van der Waals surface area contributed by atoms with Crippen molar-refractivity contribution in [2.45, 2.75) is 34.1 Å². The van der Waals surface area contributed by atoms with Crippen LogP contribution in [-0.2, 0) is 9.53 Å². The summed E-state index contributed by atoms with van der Waals surface area (Å²) in [6.45, 7) is 7.55. The van der Waals surface area contributed by atoms with Crippen molar-refractivity contribution in [2.75, 3.05) is 14.1 Å². The van der Waals surface area contributed by atoms with Crippen molar-refractivity contribution in [3.8, 4) is 0 Å². The summed E-state index contributed by atoms with van der Waals surface area (Å²) in [6, 6.07) is 0. The number of allylic oxidation sites excluding steroid dienone is 6. The van der Waals surface area contributed by atoms with Gasteiger partial charge in [-0.25, -0.2) is 0 Å². The number of carbonyl (C=O) groups excluding carboxylic acids is 1. The maximum atomic E-state index is 11.6. The molecule has 0 rings (SSSR count). The molecule has 0 unspecified atom stereocenters. The molecule has 20 heavy (non-hydrogen) atoms. The lowest BCUT2D eigenvalue weighted by Gasteiger charge is -2.12. The van der Waals surface area contributed by atoms with Crippen molar-refractivity contribution in [1.29, 1.82) is 0 Å². The van der Waals surface area contributed by atoms with E-state index in [0.717, 1.165) is 10.9 Å². The normalized spacial score (nSPS) is 14.3. The Morgan fingerprint density at radius 1 is 1.25 bits per heavy atom. The SMILES string of the molecule is CC/C(C)=C/C=C\C(O/C(=C/N(C)C)C(C)=O)=C(/C)Br. The standard InChI is InChI=1S/C16H24BrNO2/c1-7-12(2)9-8-10-15(13(3)17)20-16(14(4)19)11-18(5)6/h8-11H,7H2,1-6H3/b10-8-,12-9+,15-13-,16-11+. The van der Waals surface area contributed by atoms with Crippen molar-refractivity contribution in [3.63, 3.8) is 0 Å². The van der Waals surface area contributed by atoms with Gasteiger partial charge in [-0.2, -0.15) is 0 Å². The lowest BCUT2D eigenvalue weighted by Crippen LogP contribution is -2.09. The maximum absolute atomic E-state index is 11.6. The van der Waals surface area contributed by atoms with E-state index in [1.807, 2.05) is 39.2 Å². The first kappa shape index (κ1) is 18.7. The number of ether oxygens (including phenoxy) is 1. The fourth-order valence-corrected chi connectivity index (χ4v) is 1.39. The first-order chi connectivity index (χ1) is 9.27. The van der Waals surface area contributed by atoms with Gasteiger partial charge in [-0.3, -0.25) is 4.79 Å². The molecule has 0 saturated heterocycles. The molecule has 0 radical (unpaired) electrons. The molecule has 0 aromatic carbocycles. The smallest absolute Gasteiger partial charge is 0.196 e. The van der Waals surface area contributed by atoms with Gasteiger partial charge in [0, 0.05) is 31.7 Å². The third-order valence-electron chi connectivity index (χ3n) is 2.47. The minimum Gasteiger partial charge on any atom is -0.451 e. The third-order valence-corrected chi connectivity index (χ3v) is 2.86. The molecule has 0 aliphatic carbocycles. The summed E-state index contributed by atoms with van der Waals surface area (Å²) in [6.07, 6.45) is 8.47. The molecule has 112 valence electrons. The van der Waals surface area contributed by atoms with Gasteiger partial charge < -0.3 is 9.64 Å². The number of hydrogen-bond acceptors (Lipinski definition) is 3. The zero-order valence-corrected chi connectivity index (χ0v) is 14.7. The van der Waals surface area contributed by atoms with Crippen molar-refractivity contribution in [3.05, 3.63) is 46.0 Å². The maximum Gasteiger partial charge on any atom is 0.196 e. The fourth-order valence-electron chi connectivity index (χ4n) is 1.18. The van der Waals surface area contributed by atoms with Gasteiger partial charge in [-0.15, -0.1) is 0 Å². The average Bonchev–Trinajstić information content (AvgIpc) is 2.34. The van der Waals surface area contributed by atoms with Crippen LogP contribution >= 0.6 is 15.9 Å². The average molecular weight is 342 g/mol. The van der Waals surface area contributed by atoms with E-state index in [1.54, 1.807) is 11.1 Å². The fraction of sp³-hybridized carbons (Fsp3) is 0.438. The van der Waals surface area contributed by atoms with Crippen LogP contribution in [0.4, 0.5) is 0 Å². The van der Waals surface area contributed by atoms with Gasteiger partial charge in [0.15, 0.2) is 11.5 Å². The Bertz CT molecular complexity index is 453. The predicted molar refractivity (Wildman–Crippen MR) is 88.4 cm³/mol. The van der Waals surface area contributed by atoms with E-state index in [-0.39, 0.29) is 5.78 Å². The number of Topliss-reactive ketones (excluding diaryl/α,β-unsaturated/α-hetero) is 1. The second-order valence-electron chi connectivity index (χ2n) is 4.74. The second kappa shape index (κ2) is 9.59. The highest BCUT2D eigenvalue weighted by Crippen LogP contribution is 2.18. The first-order valence-electron chi connectivity index (χ1n) is 6.55. The molecule has 0 aliphatic rings. The second-order valence-corrected chi connectivity index (χ2v) is 5.93. The van der Waals surface area contributed by atoms with Crippen LogP contribution in [0.5, 0.6) is 0 Å². The predicted octanol–water partition coefficient (Wildman–Crippen LogP) is 4.53. The number of nitrogens with zero attached hydrogens (tertiary/aromatic N) is 1. The van der Waals surface area contributed by atoms with Crippen molar-refractivity contribution in [2.24, 2.45) is 0 Å². The summed E-state index contributed by atoms with van der Waals surface area (Å²) in [4.78, 5) is 13.4. The Kier molecular flexibility index (Phi) is 8.97. The zero-order valence-electron chi connectivity index (χ0n) is 13.2. The quantitative estimate of drug-likeness (QED) is 0.387. The van der Waals surface area contributed by atoms with Gasteiger partial charge >= 0.3 is 0 Å². The third kappa shape index (κ3) is 8.00. The Balaban J connectivity index is 5.15. The van der Waals surface area contributed by atoms with Gasteiger partial charge in [0.25, 0.3) is 0 Å². The molecule has 0 bridgehead atoms. The van der Waals surface area contributed by atoms with E-state index >= 15 is 0 Å².